The molecule has 2 N–H and O–H groups in total. The van der Waals surface area contributed by atoms with Crippen molar-refractivity contribution in [1.82, 2.24) is 9.78 Å². The lowest BCUT2D eigenvalue weighted by molar-refractivity contribution is 0.413. The van der Waals surface area contributed by atoms with E-state index in [9.17, 15) is 18.3 Å². The first-order valence-electron chi connectivity index (χ1n) is 9.95. The average Bonchev–Trinajstić information content (AvgIpc) is 2.72. The van der Waals surface area contributed by atoms with Gasteiger partial charge in [-0.15, -0.1) is 4.40 Å². The van der Waals surface area contributed by atoms with E-state index in [-0.39, 0.29) is 27.7 Å². The second-order valence-electron chi connectivity index (χ2n) is 7.06. The summed E-state index contributed by atoms with van der Waals surface area (Å²) >= 11 is 0. The minimum Gasteiger partial charge on any atom is -0.505 e. The molecule has 0 unspecified atom stereocenters. The number of benzene rings is 1. The molecule has 1 aromatic carbocycles. The number of methoxy groups -OCH3 is 1. The molecular formula is C20H26N4O5S. The van der Waals surface area contributed by atoms with Gasteiger partial charge in [-0.05, 0) is 31.4 Å². The van der Waals surface area contributed by atoms with Crippen LogP contribution < -0.4 is 15.6 Å². The SMILES string of the molecule is CCCCc1nn(CCCC)c(=O)c(C2=NS(=O)(=O)c3cc(OC)ccc3N2)c1O. The molecule has 0 bridgehead atoms. The number of unbranched alkanes of at least 4 members (excludes halogenated alkanes) is 2. The summed E-state index contributed by atoms with van der Waals surface area (Å²) in [6.07, 6.45) is 3.71. The molecule has 0 fully saturated rings. The number of fused-ring (bicyclic) bond motifs is 1. The third-order valence-electron chi connectivity index (χ3n) is 4.86. The molecule has 0 spiro atoms. The van der Waals surface area contributed by atoms with E-state index in [0.29, 0.717) is 24.4 Å². The van der Waals surface area contributed by atoms with Crippen molar-refractivity contribution in [1.29, 1.82) is 0 Å². The number of aryl methyl sites for hydroxylation is 2. The number of rotatable bonds is 8. The summed E-state index contributed by atoms with van der Waals surface area (Å²) in [4.78, 5) is 13.0. The highest BCUT2D eigenvalue weighted by Crippen LogP contribution is 2.33. The number of hydrogen-bond acceptors (Lipinski definition) is 7. The van der Waals surface area contributed by atoms with Crippen molar-refractivity contribution >= 4 is 21.5 Å². The number of anilines is 1. The molecule has 2 aromatic rings. The number of amidine groups is 1. The van der Waals surface area contributed by atoms with Crippen LogP contribution in [0.1, 0.15) is 50.8 Å². The molecule has 3 rings (SSSR count). The molecule has 0 aliphatic carbocycles. The third kappa shape index (κ3) is 4.18. The van der Waals surface area contributed by atoms with Gasteiger partial charge in [0.05, 0.1) is 12.8 Å². The molecule has 1 aromatic heterocycles. The standard InChI is InChI=1S/C20H26N4O5S/c1-4-6-8-15-18(25)17(20(26)24(22-15)11-7-5-2)19-21-14-10-9-13(29-3)12-16(14)30(27,28)23-19/h9-10,12,25H,4-8,11H2,1-3H3,(H,21,23). The maximum absolute atomic E-state index is 13.0. The van der Waals surface area contributed by atoms with Crippen LogP contribution in [0.4, 0.5) is 5.69 Å². The van der Waals surface area contributed by atoms with Crippen LogP contribution in [0.2, 0.25) is 0 Å². The molecule has 30 heavy (non-hydrogen) atoms. The maximum atomic E-state index is 13.0. The Kier molecular flexibility index (Phi) is 6.45. The summed E-state index contributed by atoms with van der Waals surface area (Å²) in [6.45, 7) is 4.38. The molecule has 162 valence electrons. The van der Waals surface area contributed by atoms with Crippen LogP contribution in [0.25, 0.3) is 0 Å². The van der Waals surface area contributed by atoms with E-state index in [1.165, 1.54) is 23.9 Å². The summed E-state index contributed by atoms with van der Waals surface area (Å²) in [5.41, 5.74) is -0.159. The van der Waals surface area contributed by atoms with Crippen molar-refractivity contribution in [3.8, 4) is 11.5 Å². The van der Waals surface area contributed by atoms with Crippen LogP contribution >= 0.6 is 0 Å². The average molecular weight is 435 g/mol. The Hall–Kier alpha value is -2.88. The minimum atomic E-state index is -4.10. The topological polar surface area (TPSA) is 123 Å². The van der Waals surface area contributed by atoms with Crippen molar-refractivity contribution in [2.24, 2.45) is 4.40 Å². The van der Waals surface area contributed by atoms with Crippen LogP contribution in [0.15, 0.2) is 32.3 Å². The van der Waals surface area contributed by atoms with Gasteiger partial charge in [-0.1, -0.05) is 26.7 Å². The van der Waals surface area contributed by atoms with Crippen molar-refractivity contribution in [3.05, 3.63) is 39.8 Å². The van der Waals surface area contributed by atoms with E-state index in [1.807, 2.05) is 13.8 Å². The first kappa shape index (κ1) is 21.8. The second-order valence-corrected chi connectivity index (χ2v) is 8.63. The zero-order valence-electron chi connectivity index (χ0n) is 17.3. The Labute approximate surface area is 175 Å². The van der Waals surface area contributed by atoms with Gasteiger partial charge in [-0.2, -0.15) is 13.5 Å². The van der Waals surface area contributed by atoms with E-state index < -0.39 is 15.6 Å². The van der Waals surface area contributed by atoms with Gasteiger partial charge in [0.25, 0.3) is 15.6 Å². The summed E-state index contributed by atoms with van der Waals surface area (Å²) in [7, 11) is -2.66. The van der Waals surface area contributed by atoms with Crippen LogP contribution in [0.3, 0.4) is 0 Å². The number of nitrogens with one attached hydrogen (secondary N) is 1. The molecule has 0 radical (unpaired) electrons. The Morgan fingerprint density at radius 2 is 1.93 bits per heavy atom. The molecule has 0 saturated heterocycles. The number of aromatic nitrogens is 2. The van der Waals surface area contributed by atoms with Gasteiger partial charge in [-0.3, -0.25) is 4.79 Å². The van der Waals surface area contributed by atoms with Gasteiger partial charge in [0.2, 0.25) is 0 Å². The number of ether oxygens (including phenoxy) is 1. The van der Waals surface area contributed by atoms with E-state index in [2.05, 4.69) is 14.8 Å². The highest BCUT2D eigenvalue weighted by atomic mass is 32.2. The lowest BCUT2D eigenvalue weighted by atomic mass is 10.1. The first-order valence-corrected chi connectivity index (χ1v) is 11.4. The smallest absolute Gasteiger partial charge is 0.286 e. The van der Waals surface area contributed by atoms with Gasteiger partial charge in [0.1, 0.15) is 21.9 Å². The fourth-order valence-corrected chi connectivity index (χ4v) is 4.31. The van der Waals surface area contributed by atoms with Crippen LogP contribution in [-0.2, 0) is 23.0 Å². The van der Waals surface area contributed by atoms with E-state index in [0.717, 1.165) is 25.7 Å². The summed E-state index contributed by atoms with van der Waals surface area (Å²) in [6, 6.07) is 4.49. The fourth-order valence-electron chi connectivity index (χ4n) is 3.17. The predicted octanol–water partition coefficient (Wildman–Crippen LogP) is 2.66. The van der Waals surface area contributed by atoms with E-state index >= 15 is 0 Å². The molecular weight excluding hydrogens is 408 g/mol. The molecule has 9 nitrogen and oxygen atoms in total. The number of sulfonamides is 1. The zero-order chi connectivity index (χ0) is 21.9. The van der Waals surface area contributed by atoms with Gasteiger partial charge in [0, 0.05) is 12.6 Å². The molecule has 1 aliphatic rings. The largest absolute Gasteiger partial charge is 0.505 e. The molecule has 0 saturated carbocycles. The number of hydrogen-bond donors (Lipinski definition) is 2. The lowest BCUT2D eigenvalue weighted by Crippen LogP contribution is -2.34. The number of nitrogens with zero attached hydrogens (tertiary/aromatic N) is 3. The summed E-state index contributed by atoms with van der Waals surface area (Å²) in [5, 5.41) is 18.0. The normalized spacial score (nSPS) is 14.6. The first-order chi connectivity index (χ1) is 14.3. The predicted molar refractivity (Wildman–Crippen MR) is 114 cm³/mol. The Balaban J connectivity index is 2.17. The van der Waals surface area contributed by atoms with Crippen LogP contribution in [0, 0.1) is 0 Å². The highest BCUT2D eigenvalue weighted by Gasteiger charge is 2.30. The Morgan fingerprint density at radius 3 is 2.60 bits per heavy atom. The molecule has 1 aliphatic heterocycles. The summed E-state index contributed by atoms with van der Waals surface area (Å²) < 4.78 is 35.7. The second kappa shape index (κ2) is 8.86. The van der Waals surface area contributed by atoms with Crippen LogP contribution in [0.5, 0.6) is 11.5 Å². The molecule has 2 heterocycles. The maximum Gasteiger partial charge on any atom is 0.286 e. The zero-order valence-corrected chi connectivity index (χ0v) is 18.1. The van der Waals surface area contributed by atoms with Gasteiger partial charge >= 0.3 is 0 Å². The highest BCUT2D eigenvalue weighted by molar-refractivity contribution is 7.90. The summed E-state index contributed by atoms with van der Waals surface area (Å²) in [5.74, 6) is -0.173. The molecule has 10 heteroatoms. The Bertz CT molecular complexity index is 1140. The minimum absolute atomic E-state index is 0.0586. The van der Waals surface area contributed by atoms with E-state index in [4.69, 9.17) is 4.74 Å². The Morgan fingerprint density at radius 1 is 1.20 bits per heavy atom. The molecule has 0 amide bonds. The monoisotopic (exact) mass is 434 g/mol. The van der Waals surface area contributed by atoms with Crippen molar-refractivity contribution in [2.45, 2.75) is 57.4 Å². The van der Waals surface area contributed by atoms with Crippen LogP contribution in [-0.4, -0.2) is 36.3 Å². The van der Waals surface area contributed by atoms with Gasteiger partial charge in [-0.25, -0.2) is 4.68 Å². The van der Waals surface area contributed by atoms with Crippen molar-refractivity contribution in [2.75, 3.05) is 12.4 Å². The third-order valence-corrected chi connectivity index (χ3v) is 6.18. The lowest BCUT2D eigenvalue weighted by Gasteiger charge is -2.20. The quantitative estimate of drug-likeness (QED) is 0.655. The van der Waals surface area contributed by atoms with E-state index in [1.54, 1.807) is 6.07 Å². The van der Waals surface area contributed by atoms with Crippen molar-refractivity contribution in [3.63, 3.8) is 0 Å². The van der Waals surface area contributed by atoms with Gasteiger partial charge < -0.3 is 15.2 Å². The fraction of sp³-hybridized carbons (Fsp3) is 0.450. The van der Waals surface area contributed by atoms with Gasteiger partial charge in [0.15, 0.2) is 11.6 Å². The molecule has 0 atom stereocenters. The number of aromatic hydroxyl groups is 1. The van der Waals surface area contributed by atoms with Crippen molar-refractivity contribution < 1.29 is 18.3 Å².